The highest BCUT2D eigenvalue weighted by Gasteiger charge is 2.10. The fraction of sp³-hybridized carbons (Fsp3) is 0.619. The predicted octanol–water partition coefficient (Wildman–Crippen LogP) is 3.44. The second-order valence-electron chi connectivity index (χ2n) is 7.27. The number of nitriles is 1. The maximum Gasteiger partial charge on any atom is 0.404 e. The van der Waals surface area contributed by atoms with Gasteiger partial charge in [0.25, 0.3) is 0 Å². The molecular weight excluding hydrogens is 340 g/mol. The fourth-order valence-corrected chi connectivity index (χ4v) is 3.53. The van der Waals surface area contributed by atoms with Crippen molar-refractivity contribution in [2.75, 3.05) is 32.7 Å². The highest BCUT2D eigenvalue weighted by molar-refractivity contribution is 5.64. The second kappa shape index (κ2) is 12.3. The first-order valence-corrected chi connectivity index (χ1v) is 10.0. The monoisotopic (exact) mass is 372 g/mol. The summed E-state index contributed by atoms with van der Waals surface area (Å²) in [6, 6.07) is 10.3. The molecule has 0 unspecified atom stereocenters. The number of unbranched alkanes of at least 4 members (excludes halogenated alkanes) is 1. The highest BCUT2D eigenvalue weighted by Crippen LogP contribution is 2.12. The maximum absolute atomic E-state index is 10.6. The molecule has 1 aromatic rings. The third kappa shape index (κ3) is 8.89. The number of rotatable bonds is 11. The minimum Gasteiger partial charge on any atom is -0.465 e. The normalized spacial score (nSPS) is 14.8. The summed E-state index contributed by atoms with van der Waals surface area (Å²) in [6.45, 7) is 6.66. The molecule has 0 radical (unpaired) electrons. The van der Waals surface area contributed by atoms with E-state index in [1.165, 1.54) is 50.9 Å². The van der Waals surface area contributed by atoms with Crippen molar-refractivity contribution in [3.8, 4) is 6.07 Å². The topological polar surface area (TPSA) is 79.6 Å². The van der Waals surface area contributed by atoms with Gasteiger partial charge in [0.05, 0.1) is 6.07 Å². The number of carbonyl (C=O) groups is 1. The van der Waals surface area contributed by atoms with E-state index in [2.05, 4.69) is 21.2 Å². The third-order valence-corrected chi connectivity index (χ3v) is 5.06. The van der Waals surface area contributed by atoms with Crippen LogP contribution in [0.5, 0.6) is 0 Å². The van der Waals surface area contributed by atoms with E-state index in [0.29, 0.717) is 13.0 Å². The molecule has 0 spiro atoms. The van der Waals surface area contributed by atoms with Gasteiger partial charge in [-0.1, -0.05) is 30.7 Å². The number of likely N-dealkylation sites (tertiary alicyclic amines) is 1. The van der Waals surface area contributed by atoms with Crippen LogP contribution in [-0.2, 0) is 13.1 Å². The molecule has 1 aromatic carbocycles. The first kappa shape index (κ1) is 21.2. The molecule has 2 rings (SSSR count). The van der Waals surface area contributed by atoms with Crippen LogP contribution in [0.15, 0.2) is 24.3 Å². The summed E-state index contributed by atoms with van der Waals surface area (Å²) in [5.41, 5.74) is 2.15. The van der Waals surface area contributed by atoms with Crippen LogP contribution in [-0.4, -0.2) is 53.7 Å². The van der Waals surface area contributed by atoms with Gasteiger partial charge >= 0.3 is 6.09 Å². The lowest BCUT2D eigenvalue weighted by Crippen LogP contribution is -2.31. The Kier molecular flexibility index (Phi) is 9.67. The Morgan fingerprint density at radius 3 is 2.48 bits per heavy atom. The Morgan fingerprint density at radius 1 is 1.11 bits per heavy atom. The van der Waals surface area contributed by atoms with Gasteiger partial charge in [-0.3, -0.25) is 4.90 Å². The quantitative estimate of drug-likeness (QED) is 0.582. The summed E-state index contributed by atoms with van der Waals surface area (Å²) >= 11 is 0. The van der Waals surface area contributed by atoms with E-state index in [0.717, 1.165) is 31.6 Å². The molecule has 1 aliphatic heterocycles. The average molecular weight is 373 g/mol. The average Bonchev–Trinajstić information content (AvgIpc) is 2.69. The van der Waals surface area contributed by atoms with Gasteiger partial charge in [0, 0.05) is 26.1 Å². The lowest BCUT2D eigenvalue weighted by Gasteiger charge is -2.27. The molecule has 27 heavy (non-hydrogen) atoms. The van der Waals surface area contributed by atoms with Crippen LogP contribution >= 0.6 is 0 Å². The van der Waals surface area contributed by atoms with Crippen LogP contribution < -0.4 is 5.32 Å². The smallest absolute Gasteiger partial charge is 0.404 e. The molecule has 6 heteroatoms. The van der Waals surface area contributed by atoms with Gasteiger partial charge in [0.15, 0.2) is 0 Å². The Bertz CT molecular complexity index is 591. The molecule has 1 aliphatic rings. The summed E-state index contributed by atoms with van der Waals surface area (Å²) in [4.78, 5) is 15.5. The van der Waals surface area contributed by atoms with Crippen molar-refractivity contribution < 1.29 is 9.90 Å². The van der Waals surface area contributed by atoms with Crippen molar-refractivity contribution in [2.45, 2.75) is 51.6 Å². The number of nitrogens with zero attached hydrogens (tertiary/aromatic N) is 3. The number of hydrogen-bond acceptors (Lipinski definition) is 4. The molecule has 2 N–H and O–H groups in total. The zero-order chi connectivity index (χ0) is 19.3. The molecule has 0 bridgehead atoms. The Labute approximate surface area is 162 Å². The molecule has 0 saturated carbocycles. The van der Waals surface area contributed by atoms with Gasteiger partial charge in [0.1, 0.15) is 0 Å². The van der Waals surface area contributed by atoms with Crippen molar-refractivity contribution in [2.24, 2.45) is 0 Å². The lowest BCUT2D eigenvalue weighted by atomic mass is 10.1. The summed E-state index contributed by atoms with van der Waals surface area (Å²) in [6.07, 6.45) is 5.96. The van der Waals surface area contributed by atoms with Crippen molar-refractivity contribution >= 4 is 6.09 Å². The predicted molar refractivity (Wildman–Crippen MR) is 106 cm³/mol. The van der Waals surface area contributed by atoms with Gasteiger partial charge in [-0.05, 0) is 63.0 Å². The molecule has 1 saturated heterocycles. The number of benzene rings is 1. The van der Waals surface area contributed by atoms with Crippen LogP contribution in [0.25, 0.3) is 0 Å². The number of carboxylic acid groups (broad SMARTS) is 1. The summed E-state index contributed by atoms with van der Waals surface area (Å²) in [5.74, 6) is 0. The van der Waals surface area contributed by atoms with Crippen LogP contribution in [0.3, 0.4) is 0 Å². The molecule has 148 valence electrons. The third-order valence-electron chi connectivity index (χ3n) is 5.06. The Hall–Kier alpha value is -2.10. The molecule has 0 aromatic heterocycles. The minimum atomic E-state index is -1.01. The van der Waals surface area contributed by atoms with Gasteiger partial charge in [-0.25, -0.2) is 4.79 Å². The molecule has 1 fully saturated rings. The fourth-order valence-electron chi connectivity index (χ4n) is 3.53. The van der Waals surface area contributed by atoms with Crippen LogP contribution in [0, 0.1) is 11.3 Å². The van der Waals surface area contributed by atoms with Crippen molar-refractivity contribution in [3.63, 3.8) is 0 Å². The van der Waals surface area contributed by atoms with E-state index in [-0.39, 0.29) is 0 Å². The SMILES string of the molecule is N#CCCN(CCCCN1CCCCC1)Cc1ccc(CNC(=O)O)cc1. The van der Waals surface area contributed by atoms with Crippen LogP contribution in [0.2, 0.25) is 0 Å². The maximum atomic E-state index is 10.6. The summed E-state index contributed by atoms with van der Waals surface area (Å²) in [7, 11) is 0. The highest BCUT2D eigenvalue weighted by atomic mass is 16.4. The van der Waals surface area contributed by atoms with Crippen molar-refractivity contribution in [1.82, 2.24) is 15.1 Å². The standard InChI is InChI=1S/C21H32N4O2/c22-11-6-16-25(15-5-4-14-24-12-2-1-3-13-24)18-20-9-7-19(8-10-20)17-23-21(26)27/h7-10,23H,1-6,12-18H2,(H,26,27). The molecular formula is C21H32N4O2. The van der Waals surface area contributed by atoms with Crippen molar-refractivity contribution in [1.29, 1.82) is 5.26 Å². The molecule has 1 amide bonds. The van der Waals surface area contributed by atoms with E-state index in [4.69, 9.17) is 10.4 Å². The Balaban J connectivity index is 1.75. The van der Waals surface area contributed by atoms with E-state index >= 15 is 0 Å². The van der Waals surface area contributed by atoms with E-state index in [1.807, 2.05) is 24.3 Å². The van der Waals surface area contributed by atoms with E-state index < -0.39 is 6.09 Å². The van der Waals surface area contributed by atoms with Crippen LogP contribution in [0.1, 0.15) is 49.7 Å². The van der Waals surface area contributed by atoms with Crippen LogP contribution in [0.4, 0.5) is 4.79 Å². The largest absolute Gasteiger partial charge is 0.465 e. The molecule has 0 atom stereocenters. The van der Waals surface area contributed by atoms with E-state index in [1.54, 1.807) is 0 Å². The van der Waals surface area contributed by atoms with Gasteiger partial charge < -0.3 is 15.3 Å². The minimum absolute atomic E-state index is 0.324. The molecule has 0 aliphatic carbocycles. The van der Waals surface area contributed by atoms with Crippen molar-refractivity contribution in [3.05, 3.63) is 35.4 Å². The molecule has 6 nitrogen and oxygen atoms in total. The molecule has 1 heterocycles. The lowest BCUT2D eigenvalue weighted by molar-refractivity contribution is 0.194. The van der Waals surface area contributed by atoms with Gasteiger partial charge in [-0.15, -0.1) is 0 Å². The van der Waals surface area contributed by atoms with Gasteiger partial charge in [-0.2, -0.15) is 5.26 Å². The first-order valence-electron chi connectivity index (χ1n) is 10.0. The first-order chi connectivity index (χ1) is 13.2. The Morgan fingerprint density at radius 2 is 1.81 bits per heavy atom. The van der Waals surface area contributed by atoms with E-state index in [9.17, 15) is 4.79 Å². The van der Waals surface area contributed by atoms with Gasteiger partial charge in [0.2, 0.25) is 0 Å². The number of hydrogen-bond donors (Lipinski definition) is 2. The second-order valence-corrected chi connectivity index (χ2v) is 7.27. The summed E-state index contributed by atoms with van der Waals surface area (Å²) in [5, 5.41) is 20.0. The summed E-state index contributed by atoms with van der Waals surface area (Å²) < 4.78 is 0. The zero-order valence-corrected chi connectivity index (χ0v) is 16.2. The number of piperidine rings is 1. The number of nitrogens with one attached hydrogen (secondary N) is 1. The zero-order valence-electron chi connectivity index (χ0n) is 16.2. The number of amides is 1.